The lowest BCUT2D eigenvalue weighted by Gasteiger charge is -2.26. The van der Waals surface area contributed by atoms with Crippen molar-refractivity contribution in [3.8, 4) is 5.88 Å². The molecule has 3 heterocycles. The van der Waals surface area contributed by atoms with E-state index in [1.165, 1.54) is 61.7 Å². The Hall–Kier alpha value is -1.55. The number of pyridine rings is 1. The minimum Gasteiger partial charge on any atom is -0.479 e. The number of fused-ring (bicyclic) bond motifs is 1. The SMILES string of the molecule is CC.CC.COc1ncc(C2CC2)c2c(CN3CCCCC3)c[nH]c12. The highest BCUT2D eigenvalue weighted by molar-refractivity contribution is 5.90. The van der Waals surface area contributed by atoms with Crippen LogP contribution in [0, 0.1) is 0 Å². The summed E-state index contributed by atoms with van der Waals surface area (Å²) in [5, 5.41) is 1.37. The van der Waals surface area contributed by atoms with Gasteiger partial charge in [-0.25, -0.2) is 4.98 Å². The largest absolute Gasteiger partial charge is 0.479 e. The molecule has 1 aliphatic carbocycles. The zero-order valence-electron chi connectivity index (χ0n) is 16.7. The first kappa shape index (κ1) is 19.8. The number of piperidine rings is 1. The first-order chi connectivity index (χ1) is 12.4. The number of nitrogens with one attached hydrogen (secondary N) is 1. The molecule has 2 aromatic rings. The molecule has 0 atom stereocenters. The van der Waals surface area contributed by atoms with Crippen LogP contribution in [-0.2, 0) is 6.54 Å². The van der Waals surface area contributed by atoms with Gasteiger partial charge in [0.15, 0.2) is 0 Å². The Labute approximate surface area is 153 Å². The third-order valence-electron chi connectivity index (χ3n) is 4.84. The summed E-state index contributed by atoms with van der Waals surface area (Å²) in [6, 6.07) is 0. The van der Waals surface area contributed by atoms with Gasteiger partial charge in [-0.15, -0.1) is 0 Å². The van der Waals surface area contributed by atoms with Gasteiger partial charge >= 0.3 is 0 Å². The molecule has 0 amide bonds. The number of rotatable bonds is 4. The lowest BCUT2D eigenvalue weighted by atomic mass is 10.0. The molecule has 0 aromatic carbocycles. The molecule has 1 saturated heterocycles. The fourth-order valence-electron chi connectivity index (χ4n) is 3.56. The predicted octanol–water partition coefficient (Wildman–Crippen LogP) is 5.49. The van der Waals surface area contributed by atoms with E-state index in [4.69, 9.17) is 4.74 Å². The van der Waals surface area contributed by atoms with Gasteiger partial charge in [-0.05, 0) is 55.8 Å². The summed E-state index contributed by atoms with van der Waals surface area (Å²) < 4.78 is 5.43. The van der Waals surface area contributed by atoms with E-state index in [1.807, 2.05) is 33.9 Å². The number of aromatic amines is 1. The van der Waals surface area contributed by atoms with E-state index < -0.39 is 0 Å². The van der Waals surface area contributed by atoms with Crippen molar-refractivity contribution in [3.63, 3.8) is 0 Å². The van der Waals surface area contributed by atoms with Crippen LogP contribution < -0.4 is 4.74 Å². The Morgan fingerprint density at radius 3 is 2.40 bits per heavy atom. The van der Waals surface area contributed by atoms with Crippen LogP contribution in [0.4, 0.5) is 0 Å². The minimum absolute atomic E-state index is 0.710. The van der Waals surface area contributed by atoms with Gasteiger partial charge in [-0.3, -0.25) is 4.90 Å². The summed E-state index contributed by atoms with van der Waals surface area (Å²) in [6.07, 6.45) is 10.9. The van der Waals surface area contributed by atoms with Gasteiger partial charge in [0.2, 0.25) is 5.88 Å². The van der Waals surface area contributed by atoms with Gasteiger partial charge in [-0.1, -0.05) is 34.1 Å². The predicted molar refractivity (Wildman–Crippen MR) is 106 cm³/mol. The van der Waals surface area contributed by atoms with Gasteiger partial charge in [-0.2, -0.15) is 0 Å². The molecule has 0 spiro atoms. The summed E-state index contributed by atoms with van der Waals surface area (Å²) in [5.41, 5.74) is 3.91. The van der Waals surface area contributed by atoms with Crippen molar-refractivity contribution in [1.29, 1.82) is 0 Å². The van der Waals surface area contributed by atoms with Crippen molar-refractivity contribution in [1.82, 2.24) is 14.9 Å². The first-order valence-corrected chi connectivity index (χ1v) is 10.1. The average molecular weight is 346 g/mol. The van der Waals surface area contributed by atoms with Crippen molar-refractivity contribution >= 4 is 10.9 Å². The second-order valence-electron chi connectivity index (χ2n) is 6.40. The number of methoxy groups -OCH3 is 1. The van der Waals surface area contributed by atoms with Crippen LogP contribution in [0.25, 0.3) is 10.9 Å². The molecular weight excluding hydrogens is 310 g/mol. The molecule has 1 N–H and O–H groups in total. The number of likely N-dealkylation sites (tertiary alicyclic amines) is 1. The summed E-state index contributed by atoms with van der Waals surface area (Å²) in [4.78, 5) is 10.5. The van der Waals surface area contributed by atoms with E-state index in [2.05, 4.69) is 21.1 Å². The molecule has 2 aromatic heterocycles. The maximum absolute atomic E-state index is 5.43. The Bertz CT molecular complexity index is 640. The summed E-state index contributed by atoms with van der Waals surface area (Å²) in [6.45, 7) is 11.5. The molecule has 4 heteroatoms. The van der Waals surface area contributed by atoms with Crippen LogP contribution in [0.3, 0.4) is 0 Å². The molecule has 25 heavy (non-hydrogen) atoms. The topological polar surface area (TPSA) is 41.1 Å². The Balaban J connectivity index is 0.000000528. The van der Waals surface area contributed by atoms with Gasteiger partial charge in [0.25, 0.3) is 0 Å². The molecule has 1 aliphatic heterocycles. The molecule has 0 radical (unpaired) electrons. The zero-order chi connectivity index (χ0) is 18.2. The smallest absolute Gasteiger partial charge is 0.238 e. The van der Waals surface area contributed by atoms with Gasteiger partial charge in [0.05, 0.1) is 7.11 Å². The molecule has 4 nitrogen and oxygen atoms in total. The molecule has 0 unspecified atom stereocenters. The average Bonchev–Trinajstić information content (AvgIpc) is 3.46. The Kier molecular flexibility index (Phi) is 7.76. The van der Waals surface area contributed by atoms with E-state index in [-0.39, 0.29) is 0 Å². The lowest BCUT2D eigenvalue weighted by molar-refractivity contribution is 0.221. The van der Waals surface area contributed by atoms with E-state index in [0.717, 1.165) is 17.9 Å². The number of hydrogen-bond acceptors (Lipinski definition) is 3. The van der Waals surface area contributed by atoms with Crippen molar-refractivity contribution in [2.24, 2.45) is 0 Å². The summed E-state index contributed by atoms with van der Waals surface area (Å²) in [7, 11) is 1.70. The van der Waals surface area contributed by atoms with Gasteiger partial charge in [0.1, 0.15) is 5.52 Å². The van der Waals surface area contributed by atoms with Gasteiger partial charge < -0.3 is 9.72 Å². The number of nitrogens with zero attached hydrogens (tertiary/aromatic N) is 2. The number of aromatic nitrogens is 2. The van der Waals surface area contributed by atoms with Crippen LogP contribution in [0.1, 0.15) is 76.8 Å². The molecule has 2 fully saturated rings. The molecule has 0 bridgehead atoms. The van der Waals surface area contributed by atoms with E-state index >= 15 is 0 Å². The number of H-pyrrole nitrogens is 1. The van der Waals surface area contributed by atoms with Crippen LogP contribution >= 0.6 is 0 Å². The third kappa shape index (κ3) is 4.55. The minimum atomic E-state index is 0.710. The van der Waals surface area contributed by atoms with Crippen molar-refractivity contribution < 1.29 is 4.74 Å². The van der Waals surface area contributed by atoms with Gasteiger partial charge in [0, 0.05) is 24.3 Å². The molecule has 1 saturated carbocycles. The van der Waals surface area contributed by atoms with Crippen molar-refractivity contribution in [2.45, 2.75) is 72.3 Å². The maximum Gasteiger partial charge on any atom is 0.238 e. The second kappa shape index (κ2) is 9.81. The molecule has 140 valence electrons. The molecule has 4 rings (SSSR count). The van der Waals surface area contributed by atoms with Crippen LogP contribution in [0.15, 0.2) is 12.4 Å². The zero-order valence-corrected chi connectivity index (χ0v) is 16.7. The quantitative estimate of drug-likeness (QED) is 0.797. The van der Waals surface area contributed by atoms with Crippen molar-refractivity contribution in [3.05, 3.63) is 23.5 Å². The summed E-state index contributed by atoms with van der Waals surface area (Å²) in [5.74, 6) is 1.43. The highest BCUT2D eigenvalue weighted by Gasteiger charge is 2.28. The summed E-state index contributed by atoms with van der Waals surface area (Å²) >= 11 is 0. The number of hydrogen-bond donors (Lipinski definition) is 1. The highest BCUT2D eigenvalue weighted by atomic mass is 16.5. The maximum atomic E-state index is 5.43. The Morgan fingerprint density at radius 2 is 1.80 bits per heavy atom. The van der Waals surface area contributed by atoms with E-state index in [1.54, 1.807) is 7.11 Å². The van der Waals surface area contributed by atoms with Crippen LogP contribution in [0.2, 0.25) is 0 Å². The second-order valence-corrected chi connectivity index (χ2v) is 6.40. The standard InChI is InChI=1S/C17H23N3O.2C2H6/c1-21-17-16-15(14(10-19-17)12-5-6-12)13(9-18-16)11-20-7-3-2-4-8-20;2*1-2/h9-10,12,18H,2-8,11H2,1H3;2*1-2H3. The lowest BCUT2D eigenvalue weighted by Crippen LogP contribution is -2.29. The van der Waals surface area contributed by atoms with Crippen molar-refractivity contribution in [2.75, 3.05) is 20.2 Å². The fraction of sp³-hybridized carbons (Fsp3) is 0.667. The van der Waals surface area contributed by atoms with Crippen LogP contribution in [-0.4, -0.2) is 35.1 Å². The first-order valence-electron chi connectivity index (χ1n) is 10.1. The van der Waals surface area contributed by atoms with Crippen LogP contribution in [0.5, 0.6) is 5.88 Å². The highest BCUT2D eigenvalue weighted by Crippen LogP contribution is 2.45. The number of ether oxygens (including phenoxy) is 1. The Morgan fingerprint density at radius 1 is 1.12 bits per heavy atom. The monoisotopic (exact) mass is 345 g/mol. The van der Waals surface area contributed by atoms with E-state index in [0.29, 0.717) is 5.92 Å². The normalized spacial score (nSPS) is 17.3. The molecular formula is C21H35N3O. The van der Waals surface area contributed by atoms with E-state index in [9.17, 15) is 0 Å². The fourth-order valence-corrected chi connectivity index (χ4v) is 3.56. The third-order valence-corrected chi connectivity index (χ3v) is 4.84. The molecule has 2 aliphatic rings.